The topological polar surface area (TPSA) is 103 Å². The number of aromatic hydroxyl groups is 1. The first-order valence-electron chi connectivity index (χ1n) is 14.6. The molecule has 2 atom stereocenters. The minimum atomic E-state index is -0.717. The van der Waals surface area contributed by atoms with Crippen molar-refractivity contribution in [2.75, 3.05) is 27.4 Å². The second-order valence-electron chi connectivity index (χ2n) is 10.8. The molecule has 1 aliphatic carbocycles. The van der Waals surface area contributed by atoms with Gasteiger partial charge >= 0.3 is 5.97 Å². The Morgan fingerprint density at radius 2 is 1.70 bits per heavy atom. The van der Waals surface area contributed by atoms with Crippen molar-refractivity contribution >= 4 is 27.7 Å². The van der Waals surface area contributed by atoms with E-state index in [-0.39, 0.29) is 36.2 Å². The smallest absolute Gasteiger partial charge is 0.336 e. The van der Waals surface area contributed by atoms with Crippen LogP contribution in [0.1, 0.15) is 55.2 Å². The molecule has 3 aromatic carbocycles. The third kappa shape index (κ3) is 6.33. The normalized spacial score (nSPS) is 18.0. The molecular formula is C35H36BrNO7. The van der Waals surface area contributed by atoms with Gasteiger partial charge in [-0.15, -0.1) is 0 Å². The summed E-state index contributed by atoms with van der Waals surface area (Å²) in [6, 6.07) is 18.9. The molecule has 0 saturated heterocycles. The fourth-order valence-electron chi connectivity index (χ4n) is 6.00. The van der Waals surface area contributed by atoms with Crippen LogP contribution in [0.5, 0.6) is 23.0 Å². The van der Waals surface area contributed by atoms with Crippen molar-refractivity contribution in [1.82, 2.24) is 5.32 Å². The van der Waals surface area contributed by atoms with Gasteiger partial charge in [-0.05, 0) is 83.1 Å². The van der Waals surface area contributed by atoms with E-state index >= 15 is 0 Å². The first-order valence-corrected chi connectivity index (χ1v) is 15.4. The number of dihydropyridines is 1. The standard InChI is InChI=1S/C35H36BrNO7/c1-5-43-30-19-24(15-25(36)34(30)39)32-31(35(40)44-14-13-21-9-7-6-8-10-21)20(2)37-26-16-23(17-27(38)33(26)32)22-11-12-28(41-3)29(18-22)42-4/h6-12,15,18-19,23,32,37,39H,5,13-14,16-17H2,1-4H3/t23-,32-/m0/s1. The maximum atomic E-state index is 14.1. The van der Waals surface area contributed by atoms with E-state index in [1.54, 1.807) is 26.4 Å². The van der Waals surface area contributed by atoms with Crippen LogP contribution in [0.15, 0.2) is 87.7 Å². The van der Waals surface area contributed by atoms with Gasteiger partial charge in [-0.2, -0.15) is 0 Å². The lowest BCUT2D eigenvalue weighted by Gasteiger charge is -2.37. The van der Waals surface area contributed by atoms with Crippen LogP contribution in [-0.2, 0) is 20.7 Å². The number of methoxy groups -OCH3 is 2. The number of hydrogen-bond acceptors (Lipinski definition) is 8. The number of ether oxygens (including phenoxy) is 4. The van der Waals surface area contributed by atoms with Crippen LogP contribution < -0.4 is 19.5 Å². The Bertz CT molecular complexity index is 1630. The molecule has 1 aliphatic heterocycles. The molecule has 0 aromatic heterocycles. The summed E-state index contributed by atoms with van der Waals surface area (Å²) in [7, 11) is 3.17. The lowest BCUT2D eigenvalue weighted by Crippen LogP contribution is -2.36. The van der Waals surface area contributed by atoms with E-state index in [4.69, 9.17) is 18.9 Å². The van der Waals surface area contributed by atoms with Gasteiger partial charge in [0.15, 0.2) is 28.8 Å². The third-order valence-electron chi connectivity index (χ3n) is 8.08. The Hall–Kier alpha value is -4.24. The number of hydrogen-bond donors (Lipinski definition) is 2. The zero-order valence-corrected chi connectivity index (χ0v) is 26.8. The highest BCUT2D eigenvalue weighted by Gasteiger charge is 2.42. The van der Waals surface area contributed by atoms with E-state index in [9.17, 15) is 14.7 Å². The van der Waals surface area contributed by atoms with Crippen molar-refractivity contribution in [3.63, 3.8) is 0 Å². The molecule has 3 aromatic rings. The lowest BCUT2D eigenvalue weighted by atomic mass is 9.71. The number of phenols is 1. The molecule has 0 fully saturated rings. The molecule has 1 heterocycles. The predicted octanol–water partition coefficient (Wildman–Crippen LogP) is 6.72. The van der Waals surface area contributed by atoms with Crippen LogP contribution in [0.4, 0.5) is 0 Å². The lowest BCUT2D eigenvalue weighted by molar-refractivity contribution is -0.139. The second-order valence-corrected chi connectivity index (χ2v) is 11.6. The molecule has 0 amide bonds. The van der Waals surface area contributed by atoms with Crippen molar-refractivity contribution in [3.05, 3.63) is 104 Å². The number of ketones is 1. The van der Waals surface area contributed by atoms with Crippen LogP contribution in [0.2, 0.25) is 0 Å². The van der Waals surface area contributed by atoms with E-state index in [1.807, 2.05) is 62.4 Å². The van der Waals surface area contributed by atoms with Crippen LogP contribution in [-0.4, -0.2) is 44.3 Å². The SMILES string of the molecule is CCOc1cc([C@H]2C(C(=O)OCCc3ccccc3)=C(C)NC3=C2C(=O)C[C@@H](c2ccc(OC)c(OC)c2)C3)cc(Br)c1O. The van der Waals surface area contributed by atoms with Crippen molar-refractivity contribution in [3.8, 4) is 23.0 Å². The Kier molecular flexibility index (Phi) is 9.64. The number of phenolic OH excluding ortho intramolecular Hbond substituents is 1. The minimum absolute atomic E-state index is 0.0464. The number of nitrogens with one attached hydrogen (secondary N) is 1. The van der Waals surface area contributed by atoms with Gasteiger partial charge in [0.25, 0.3) is 0 Å². The fraction of sp³-hybridized carbons (Fsp3) is 0.314. The maximum absolute atomic E-state index is 14.1. The minimum Gasteiger partial charge on any atom is -0.503 e. The molecule has 0 unspecified atom stereocenters. The van der Waals surface area contributed by atoms with E-state index < -0.39 is 11.9 Å². The van der Waals surface area contributed by atoms with Crippen LogP contribution >= 0.6 is 15.9 Å². The number of Topliss-reactive ketones (excluding diaryl/α,β-unsaturated/α-hetero) is 1. The molecule has 8 nitrogen and oxygen atoms in total. The molecule has 0 spiro atoms. The number of esters is 1. The van der Waals surface area contributed by atoms with Gasteiger partial charge in [0.1, 0.15) is 0 Å². The highest BCUT2D eigenvalue weighted by Crippen LogP contribution is 2.48. The van der Waals surface area contributed by atoms with Gasteiger partial charge in [0.05, 0.1) is 37.5 Å². The Morgan fingerprint density at radius 1 is 0.977 bits per heavy atom. The summed E-state index contributed by atoms with van der Waals surface area (Å²) in [6.45, 7) is 4.17. The van der Waals surface area contributed by atoms with E-state index in [1.165, 1.54) is 0 Å². The zero-order valence-electron chi connectivity index (χ0n) is 25.2. The summed E-state index contributed by atoms with van der Waals surface area (Å²) in [6.07, 6.45) is 1.37. The van der Waals surface area contributed by atoms with E-state index in [2.05, 4.69) is 21.2 Å². The molecule has 44 heavy (non-hydrogen) atoms. The molecule has 9 heteroatoms. The van der Waals surface area contributed by atoms with Crippen molar-refractivity contribution in [1.29, 1.82) is 0 Å². The van der Waals surface area contributed by atoms with Gasteiger partial charge in [-0.1, -0.05) is 36.4 Å². The van der Waals surface area contributed by atoms with Crippen LogP contribution in [0.3, 0.4) is 0 Å². The molecule has 230 valence electrons. The first kappa shape index (κ1) is 31.2. The van der Waals surface area contributed by atoms with E-state index in [0.29, 0.717) is 57.8 Å². The quantitative estimate of drug-likeness (QED) is 0.231. The first-order chi connectivity index (χ1) is 21.2. The van der Waals surface area contributed by atoms with Gasteiger partial charge in [0.2, 0.25) is 0 Å². The molecule has 2 aliphatic rings. The van der Waals surface area contributed by atoms with Crippen molar-refractivity contribution in [2.45, 2.75) is 44.9 Å². The largest absolute Gasteiger partial charge is 0.503 e. The summed E-state index contributed by atoms with van der Waals surface area (Å²) >= 11 is 3.44. The predicted molar refractivity (Wildman–Crippen MR) is 170 cm³/mol. The maximum Gasteiger partial charge on any atom is 0.336 e. The molecular weight excluding hydrogens is 626 g/mol. The number of benzene rings is 3. The summed E-state index contributed by atoms with van der Waals surface area (Å²) in [5.74, 6) is 0.0324. The highest BCUT2D eigenvalue weighted by molar-refractivity contribution is 9.10. The number of carbonyl (C=O) groups is 2. The Labute approximate surface area is 265 Å². The van der Waals surface area contributed by atoms with Gasteiger partial charge in [-0.25, -0.2) is 4.79 Å². The molecule has 0 bridgehead atoms. The zero-order chi connectivity index (χ0) is 31.4. The second kappa shape index (κ2) is 13.6. The number of carbonyl (C=O) groups excluding carboxylic acids is 2. The van der Waals surface area contributed by atoms with Crippen molar-refractivity contribution < 1.29 is 33.6 Å². The van der Waals surface area contributed by atoms with Gasteiger partial charge < -0.3 is 29.4 Å². The monoisotopic (exact) mass is 661 g/mol. The third-order valence-corrected chi connectivity index (χ3v) is 8.68. The van der Waals surface area contributed by atoms with E-state index in [0.717, 1.165) is 16.8 Å². The average molecular weight is 663 g/mol. The Morgan fingerprint density at radius 3 is 2.41 bits per heavy atom. The Balaban J connectivity index is 1.53. The fourth-order valence-corrected chi connectivity index (χ4v) is 6.46. The molecule has 2 N–H and O–H groups in total. The summed E-state index contributed by atoms with van der Waals surface area (Å²) < 4.78 is 22.8. The van der Waals surface area contributed by atoms with Gasteiger partial charge in [0, 0.05) is 35.7 Å². The highest BCUT2D eigenvalue weighted by atomic mass is 79.9. The summed E-state index contributed by atoms with van der Waals surface area (Å²) in [4.78, 5) is 27.9. The number of allylic oxidation sites excluding steroid dienone is 3. The van der Waals surface area contributed by atoms with Crippen LogP contribution in [0.25, 0.3) is 0 Å². The van der Waals surface area contributed by atoms with Crippen LogP contribution in [0, 0.1) is 0 Å². The molecule has 0 radical (unpaired) electrons. The van der Waals surface area contributed by atoms with Crippen molar-refractivity contribution in [2.24, 2.45) is 0 Å². The summed E-state index contributed by atoms with van der Waals surface area (Å²) in [5, 5.41) is 14.0. The number of rotatable bonds is 10. The summed E-state index contributed by atoms with van der Waals surface area (Å²) in [5.41, 5.74) is 4.89. The molecule has 0 saturated carbocycles. The number of halogens is 1. The average Bonchev–Trinajstić information content (AvgIpc) is 3.02. The molecule has 5 rings (SSSR count). The van der Waals surface area contributed by atoms with Gasteiger partial charge in [-0.3, -0.25) is 4.79 Å².